The van der Waals surface area contributed by atoms with Crippen molar-refractivity contribution in [2.45, 2.75) is 0 Å². The van der Waals surface area contributed by atoms with Crippen LogP contribution < -0.4 is 15.1 Å². The van der Waals surface area contributed by atoms with Crippen molar-refractivity contribution in [1.29, 1.82) is 0 Å². The van der Waals surface area contributed by atoms with Gasteiger partial charge in [-0.15, -0.1) is 11.3 Å². The van der Waals surface area contributed by atoms with E-state index in [-0.39, 0.29) is 6.03 Å². The SMILES string of the molecule is CN1CCN(c2ccc(-c3cc4c(N5CCN(C(=O)Nc6ccccc6)CC5)ncnc4s3)cc2)CC1. The van der Waals surface area contributed by atoms with Crippen LogP contribution in [0.2, 0.25) is 0 Å². The van der Waals surface area contributed by atoms with Gasteiger partial charge < -0.3 is 24.9 Å². The predicted molar refractivity (Wildman–Crippen MR) is 152 cm³/mol. The molecule has 0 unspecified atom stereocenters. The normalized spacial score (nSPS) is 16.8. The lowest BCUT2D eigenvalue weighted by Crippen LogP contribution is -2.50. The summed E-state index contributed by atoms with van der Waals surface area (Å²) < 4.78 is 0. The zero-order valence-corrected chi connectivity index (χ0v) is 21.8. The summed E-state index contributed by atoms with van der Waals surface area (Å²) in [4.78, 5) is 33.1. The van der Waals surface area contributed by atoms with Crippen LogP contribution in [0.1, 0.15) is 0 Å². The first kappa shape index (κ1) is 23.7. The van der Waals surface area contributed by atoms with Crippen molar-refractivity contribution in [3.63, 3.8) is 0 Å². The minimum atomic E-state index is -0.0588. The second-order valence-corrected chi connectivity index (χ2v) is 10.7. The fourth-order valence-electron chi connectivity index (χ4n) is 4.98. The van der Waals surface area contributed by atoms with Crippen molar-refractivity contribution in [2.24, 2.45) is 0 Å². The fraction of sp³-hybridized carbons (Fsp3) is 0.321. The first-order chi connectivity index (χ1) is 18.1. The average Bonchev–Trinajstić information content (AvgIpc) is 3.39. The third-order valence-corrected chi connectivity index (χ3v) is 8.31. The third kappa shape index (κ3) is 5.10. The Morgan fingerprint density at radius 3 is 2.27 bits per heavy atom. The first-order valence-electron chi connectivity index (χ1n) is 12.8. The largest absolute Gasteiger partial charge is 0.369 e. The molecule has 190 valence electrons. The average molecular weight is 514 g/mol. The summed E-state index contributed by atoms with van der Waals surface area (Å²) in [5.74, 6) is 0.949. The number of carbonyl (C=O) groups is 1. The highest BCUT2D eigenvalue weighted by atomic mass is 32.1. The second-order valence-electron chi connectivity index (χ2n) is 9.63. The molecule has 0 aliphatic carbocycles. The van der Waals surface area contributed by atoms with Crippen molar-refractivity contribution < 1.29 is 4.79 Å². The molecule has 2 amide bonds. The number of urea groups is 1. The lowest BCUT2D eigenvalue weighted by molar-refractivity contribution is 0.208. The molecule has 2 saturated heterocycles. The summed E-state index contributed by atoms with van der Waals surface area (Å²) >= 11 is 1.70. The maximum absolute atomic E-state index is 12.7. The van der Waals surface area contributed by atoms with E-state index in [0.29, 0.717) is 13.1 Å². The van der Waals surface area contributed by atoms with Crippen LogP contribution in [0.25, 0.3) is 20.7 Å². The molecule has 2 aromatic carbocycles. The maximum atomic E-state index is 12.7. The van der Waals surface area contributed by atoms with Crippen LogP contribution in [0.15, 0.2) is 67.0 Å². The quantitative estimate of drug-likeness (QED) is 0.435. The van der Waals surface area contributed by atoms with Gasteiger partial charge in [-0.05, 0) is 42.9 Å². The molecule has 0 saturated carbocycles. The molecular formula is C28H31N7OS. The number of likely N-dealkylation sites (N-methyl/N-ethyl adjacent to an activating group) is 1. The van der Waals surface area contributed by atoms with Crippen LogP contribution in [-0.4, -0.2) is 85.2 Å². The zero-order chi connectivity index (χ0) is 25.2. The van der Waals surface area contributed by atoms with Gasteiger partial charge in [0, 0.05) is 68.6 Å². The number of amides is 2. The predicted octanol–water partition coefficient (Wildman–Crippen LogP) is 4.46. The van der Waals surface area contributed by atoms with Crippen LogP contribution in [0.5, 0.6) is 0 Å². The van der Waals surface area contributed by atoms with Gasteiger partial charge in [0.25, 0.3) is 0 Å². The lowest BCUT2D eigenvalue weighted by Gasteiger charge is -2.35. The van der Waals surface area contributed by atoms with E-state index in [1.165, 1.54) is 16.1 Å². The van der Waals surface area contributed by atoms with E-state index in [9.17, 15) is 4.79 Å². The van der Waals surface area contributed by atoms with Crippen LogP contribution in [0, 0.1) is 0 Å². The summed E-state index contributed by atoms with van der Waals surface area (Å²) in [5, 5.41) is 4.06. The first-order valence-corrected chi connectivity index (χ1v) is 13.6. The zero-order valence-electron chi connectivity index (χ0n) is 21.0. The molecule has 0 radical (unpaired) electrons. The monoisotopic (exact) mass is 513 g/mol. The Balaban J connectivity index is 1.14. The molecule has 0 bridgehead atoms. The molecule has 4 aromatic rings. The van der Waals surface area contributed by atoms with Gasteiger partial charge in [0.15, 0.2) is 0 Å². The van der Waals surface area contributed by atoms with Crippen molar-refractivity contribution in [3.05, 3.63) is 67.0 Å². The summed E-state index contributed by atoms with van der Waals surface area (Å²) in [6, 6.07) is 20.7. The Kier molecular flexibility index (Phi) is 6.63. The molecule has 1 N–H and O–H groups in total. The minimum absolute atomic E-state index is 0.0588. The van der Waals surface area contributed by atoms with Gasteiger partial charge in [-0.25, -0.2) is 14.8 Å². The molecule has 4 heterocycles. The Morgan fingerprint density at radius 2 is 1.54 bits per heavy atom. The van der Waals surface area contributed by atoms with E-state index in [1.807, 2.05) is 35.2 Å². The molecule has 2 fully saturated rings. The number of aromatic nitrogens is 2. The van der Waals surface area contributed by atoms with Crippen molar-refractivity contribution in [1.82, 2.24) is 19.8 Å². The molecule has 2 aromatic heterocycles. The molecule has 2 aliphatic rings. The topological polar surface area (TPSA) is 67.8 Å². The summed E-state index contributed by atoms with van der Waals surface area (Å²) in [6.45, 7) is 7.11. The Morgan fingerprint density at radius 1 is 0.838 bits per heavy atom. The molecular weight excluding hydrogens is 482 g/mol. The van der Waals surface area contributed by atoms with E-state index in [0.717, 1.165) is 61.0 Å². The second kappa shape index (κ2) is 10.4. The minimum Gasteiger partial charge on any atom is -0.369 e. The summed E-state index contributed by atoms with van der Waals surface area (Å²) in [7, 11) is 2.18. The van der Waals surface area contributed by atoms with Gasteiger partial charge in [-0.2, -0.15) is 0 Å². The van der Waals surface area contributed by atoms with Crippen LogP contribution >= 0.6 is 11.3 Å². The van der Waals surface area contributed by atoms with Crippen LogP contribution in [-0.2, 0) is 0 Å². The molecule has 37 heavy (non-hydrogen) atoms. The Hall–Kier alpha value is -3.69. The highest BCUT2D eigenvalue weighted by Crippen LogP contribution is 2.37. The van der Waals surface area contributed by atoms with Crippen LogP contribution in [0.4, 0.5) is 22.0 Å². The molecule has 8 nitrogen and oxygen atoms in total. The smallest absolute Gasteiger partial charge is 0.321 e. The van der Waals surface area contributed by atoms with Gasteiger partial charge in [0.2, 0.25) is 0 Å². The Labute approximate surface area is 221 Å². The molecule has 0 atom stereocenters. The van der Waals surface area contributed by atoms with Gasteiger partial charge >= 0.3 is 6.03 Å². The van der Waals surface area contributed by atoms with E-state index in [2.05, 4.69) is 67.4 Å². The number of carbonyl (C=O) groups excluding carboxylic acids is 1. The number of benzene rings is 2. The van der Waals surface area contributed by atoms with Gasteiger partial charge in [-0.3, -0.25) is 0 Å². The number of fused-ring (bicyclic) bond motifs is 1. The number of hydrogen-bond donors (Lipinski definition) is 1. The molecule has 2 aliphatic heterocycles. The number of piperazine rings is 2. The summed E-state index contributed by atoms with van der Waals surface area (Å²) in [6.07, 6.45) is 1.66. The maximum Gasteiger partial charge on any atom is 0.321 e. The van der Waals surface area contributed by atoms with Gasteiger partial charge in [0.05, 0.1) is 5.39 Å². The van der Waals surface area contributed by atoms with Crippen LogP contribution in [0.3, 0.4) is 0 Å². The lowest BCUT2D eigenvalue weighted by atomic mass is 10.1. The van der Waals surface area contributed by atoms with E-state index in [1.54, 1.807) is 17.7 Å². The third-order valence-electron chi connectivity index (χ3n) is 7.22. The van der Waals surface area contributed by atoms with E-state index >= 15 is 0 Å². The van der Waals surface area contributed by atoms with Gasteiger partial charge in [0.1, 0.15) is 17.0 Å². The number of anilines is 3. The van der Waals surface area contributed by atoms with E-state index in [4.69, 9.17) is 0 Å². The van der Waals surface area contributed by atoms with Crippen molar-refractivity contribution in [2.75, 3.05) is 74.5 Å². The van der Waals surface area contributed by atoms with Crippen molar-refractivity contribution >= 4 is 44.8 Å². The molecule has 0 spiro atoms. The highest BCUT2D eigenvalue weighted by molar-refractivity contribution is 7.21. The van der Waals surface area contributed by atoms with Crippen molar-refractivity contribution in [3.8, 4) is 10.4 Å². The number of para-hydroxylation sites is 1. The number of hydrogen-bond acceptors (Lipinski definition) is 7. The molecule has 9 heteroatoms. The number of nitrogens with one attached hydrogen (secondary N) is 1. The van der Waals surface area contributed by atoms with E-state index < -0.39 is 0 Å². The number of thiophene rings is 1. The highest BCUT2D eigenvalue weighted by Gasteiger charge is 2.24. The summed E-state index contributed by atoms with van der Waals surface area (Å²) in [5.41, 5.74) is 3.30. The number of nitrogens with zero attached hydrogens (tertiary/aromatic N) is 6. The fourth-order valence-corrected chi connectivity index (χ4v) is 5.98. The Bertz CT molecular complexity index is 1360. The standard InChI is InChI=1S/C28H31N7OS/c1-32-11-13-33(14-12-32)23-9-7-21(8-10-23)25-19-24-26(29-20-30-27(24)37-25)34-15-17-35(18-16-34)28(36)31-22-5-3-2-4-6-22/h2-10,19-20H,11-18H2,1H3,(H,31,36). The molecule has 6 rings (SSSR count). The number of rotatable bonds is 4. The van der Waals surface area contributed by atoms with Gasteiger partial charge in [-0.1, -0.05) is 30.3 Å².